The van der Waals surface area contributed by atoms with Crippen molar-refractivity contribution in [1.82, 2.24) is 5.32 Å². The highest BCUT2D eigenvalue weighted by Gasteiger charge is 2.03. The molecule has 0 saturated heterocycles. The number of hydrogen-bond donors (Lipinski definition) is 3. The molecule has 0 bridgehead atoms. The number of oxime groups is 1. The second kappa shape index (κ2) is 12.7. The maximum absolute atomic E-state index is 8.45. The number of rotatable bonds is 12. The van der Waals surface area contributed by atoms with Crippen molar-refractivity contribution in [3.05, 3.63) is 0 Å². The lowest BCUT2D eigenvalue weighted by Crippen LogP contribution is -2.31. The molecule has 0 fully saturated rings. The molecule has 0 rings (SSSR count). The summed E-state index contributed by atoms with van der Waals surface area (Å²) < 4.78 is 0. The number of nitrogens with one attached hydrogen (secondary N) is 1. The van der Waals surface area contributed by atoms with Crippen LogP contribution < -0.4 is 11.1 Å². The molecule has 0 heterocycles. The zero-order valence-corrected chi connectivity index (χ0v) is 12.1. The first-order valence-corrected chi connectivity index (χ1v) is 7.40. The third kappa shape index (κ3) is 11.7. The largest absolute Gasteiger partial charge is 0.409 e. The van der Waals surface area contributed by atoms with Gasteiger partial charge in [0.1, 0.15) is 5.84 Å². The molecule has 108 valence electrons. The molecule has 18 heavy (non-hydrogen) atoms. The van der Waals surface area contributed by atoms with E-state index in [1.54, 1.807) is 0 Å². The Kier molecular flexibility index (Phi) is 12.1. The van der Waals surface area contributed by atoms with Gasteiger partial charge in [-0.1, -0.05) is 57.0 Å². The van der Waals surface area contributed by atoms with Gasteiger partial charge in [0.15, 0.2) is 0 Å². The topological polar surface area (TPSA) is 70.6 Å². The maximum Gasteiger partial charge on any atom is 0.140 e. The Labute approximate surface area is 112 Å². The van der Waals surface area contributed by atoms with Crippen LogP contribution in [0.3, 0.4) is 0 Å². The first-order valence-electron chi connectivity index (χ1n) is 7.40. The summed E-state index contributed by atoms with van der Waals surface area (Å²) in [5.41, 5.74) is 5.44. The number of hydrogen-bond acceptors (Lipinski definition) is 3. The predicted octanol–water partition coefficient (Wildman–Crippen LogP) is 3.24. The van der Waals surface area contributed by atoms with Gasteiger partial charge in [0, 0.05) is 12.5 Å². The minimum atomic E-state index is 0.283. The Morgan fingerprint density at radius 2 is 1.67 bits per heavy atom. The van der Waals surface area contributed by atoms with Crippen molar-refractivity contribution in [3.8, 4) is 0 Å². The molecule has 1 atom stereocenters. The van der Waals surface area contributed by atoms with E-state index in [2.05, 4.69) is 24.3 Å². The van der Waals surface area contributed by atoms with E-state index in [0.717, 1.165) is 6.54 Å². The molecule has 4 N–H and O–H groups in total. The smallest absolute Gasteiger partial charge is 0.140 e. The summed E-state index contributed by atoms with van der Waals surface area (Å²) in [6.45, 7) is 5.33. The van der Waals surface area contributed by atoms with E-state index in [4.69, 9.17) is 10.9 Å². The molecular formula is C14H31N3O. The molecular weight excluding hydrogens is 226 g/mol. The summed E-state index contributed by atoms with van der Waals surface area (Å²) in [6, 6.07) is 0.283. The molecule has 4 nitrogen and oxygen atoms in total. The van der Waals surface area contributed by atoms with E-state index in [0.29, 0.717) is 12.3 Å². The van der Waals surface area contributed by atoms with E-state index >= 15 is 0 Å². The monoisotopic (exact) mass is 257 g/mol. The Balaban J connectivity index is 3.20. The highest BCUT2D eigenvalue weighted by atomic mass is 16.4. The van der Waals surface area contributed by atoms with Gasteiger partial charge in [0.2, 0.25) is 0 Å². The fourth-order valence-electron chi connectivity index (χ4n) is 2.03. The van der Waals surface area contributed by atoms with E-state index in [1.165, 1.54) is 51.4 Å². The van der Waals surface area contributed by atoms with Crippen molar-refractivity contribution in [2.45, 2.75) is 77.7 Å². The van der Waals surface area contributed by atoms with Crippen molar-refractivity contribution in [2.24, 2.45) is 10.9 Å². The third-order valence-electron chi connectivity index (χ3n) is 3.17. The van der Waals surface area contributed by atoms with Crippen LogP contribution in [0.15, 0.2) is 5.16 Å². The average Bonchev–Trinajstić information content (AvgIpc) is 2.36. The van der Waals surface area contributed by atoms with Gasteiger partial charge in [-0.15, -0.1) is 0 Å². The van der Waals surface area contributed by atoms with Crippen LogP contribution in [0.1, 0.15) is 71.6 Å². The van der Waals surface area contributed by atoms with Crippen LogP contribution in [0, 0.1) is 0 Å². The van der Waals surface area contributed by atoms with E-state index in [1.807, 2.05) is 0 Å². The normalized spacial score (nSPS) is 13.8. The Hall–Kier alpha value is -0.770. The Morgan fingerprint density at radius 3 is 2.22 bits per heavy atom. The Morgan fingerprint density at radius 1 is 1.11 bits per heavy atom. The van der Waals surface area contributed by atoms with E-state index < -0.39 is 0 Å². The molecule has 4 heteroatoms. The summed E-state index contributed by atoms with van der Waals surface area (Å²) in [7, 11) is 0. The molecule has 0 aliphatic heterocycles. The zero-order valence-electron chi connectivity index (χ0n) is 12.1. The lowest BCUT2D eigenvalue weighted by Gasteiger charge is -2.12. The van der Waals surface area contributed by atoms with Crippen LogP contribution in [-0.2, 0) is 0 Å². The van der Waals surface area contributed by atoms with Gasteiger partial charge in [-0.25, -0.2) is 0 Å². The van der Waals surface area contributed by atoms with Gasteiger partial charge >= 0.3 is 0 Å². The lowest BCUT2D eigenvalue weighted by molar-refractivity contribution is 0.315. The van der Waals surface area contributed by atoms with E-state index in [-0.39, 0.29) is 6.04 Å². The number of nitrogens with two attached hydrogens (primary N) is 1. The molecule has 0 spiro atoms. The molecule has 0 aliphatic carbocycles. The van der Waals surface area contributed by atoms with Crippen molar-refractivity contribution in [2.75, 3.05) is 6.54 Å². The maximum atomic E-state index is 8.45. The first kappa shape index (κ1) is 17.2. The summed E-state index contributed by atoms with van der Waals surface area (Å²) in [5, 5.41) is 14.8. The van der Waals surface area contributed by atoms with Crippen molar-refractivity contribution in [3.63, 3.8) is 0 Å². The van der Waals surface area contributed by atoms with Gasteiger partial charge in [-0.05, 0) is 19.9 Å². The Bertz CT molecular complexity index is 207. The van der Waals surface area contributed by atoms with Gasteiger partial charge in [-0.3, -0.25) is 0 Å². The molecule has 0 saturated carbocycles. The van der Waals surface area contributed by atoms with E-state index in [9.17, 15) is 0 Å². The number of amidine groups is 1. The molecule has 0 aliphatic rings. The van der Waals surface area contributed by atoms with Gasteiger partial charge in [-0.2, -0.15) is 0 Å². The first-order chi connectivity index (χ1) is 8.70. The molecule has 1 unspecified atom stereocenters. The molecule has 0 aromatic carbocycles. The van der Waals surface area contributed by atoms with Crippen LogP contribution in [-0.4, -0.2) is 23.6 Å². The van der Waals surface area contributed by atoms with Crippen LogP contribution in [0.25, 0.3) is 0 Å². The van der Waals surface area contributed by atoms with Gasteiger partial charge in [0.05, 0.1) is 0 Å². The summed E-state index contributed by atoms with van der Waals surface area (Å²) >= 11 is 0. The van der Waals surface area contributed by atoms with Crippen molar-refractivity contribution < 1.29 is 5.21 Å². The molecule has 0 amide bonds. The van der Waals surface area contributed by atoms with Gasteiger partial charge < -0.3 is 16.3 Å². The van der Waals surface area contributed by atoms with Crippen molar-refractivity contribution >= 4 is 5.84 Å². The van der Waals surface area contributed by atoms with Gasteiger partial charge in [0.25, 0.3) is 0 Å². The van der Waals surface area contributed by atoms with Crippen LogP contribution >= 0.6 is 0 Å². The summed E-state index contributed by atoms with van der Waals surface area (Å²) in [4.78, 5) is 0. The molecule has 0 radical (unpaired) electrons. The molecule has 0 aromatic rings. The molecule has 0 aromatic heterocycles. The second-order valence-corrected chi connectivity index (χ2v) is 5.13. The fraction of sp³-hybridized carbons (Fsp3) is 0.929. The van der Waals surface area contributed by atoms with Crippen LogP contribution in [0.2, 0.25) is 0 Å². The number of nitrogens with zero attached hydrogens (tertiary/aromatic N) is 1. The zero-order chi connectivity index (χ0) is 13.6. The minimum Gasteiger partial charge on any atom is -0.409 e. The van der Waals surface area contributed by atoms with Crippen LogP contribution in [0.5, 0.6) is 0 Å². The standard InChI is InChI=1S/C14H31N3O/c1-3-4-5-6-7-8-9-10-11-16-13(2)12-14(15)17-18/h13,16,18H,3-12H2,1-2H3,(H2,15,17). The van der Waals surface area contributed by atoms with Crippen molar-refractivity contribution in [1.29, 1.82) is 0 Å². The predicted molar refractivity (Wildman–Crippen MR) is 78.1 cm³/mol. The average molecular weight is 257 g/mol. The fourth-order valence-corrected chi connectivity index (χ4v) is 2.03. The number of unbranched alkanes of at least 4 members (excludes halogenated alkanes) is 7. The third-order valence-corrected chi connectivity index (χ3v) is 3.17. The van der Waals surface area contributed by atoms with Crippen LogP contribution in [0.4, 0.5) is 0 Å². The highest BCUT2D eigenvalue weighted by Crippen LogP contribution is 2.08. The summed E-state index contributed by atoms with van der Waals surface area (Å²) in [5.74, 6) is 0.297. The quantitative estimate of drug-likeness (QED) is 0.165. The second-order valence-electron chi connectivity index (χ2n) is 5.13. The lowest BCUT2D eigenvalue weighted by atomic mass is 10.1. The minimum absolute atomic E-state index is 0.283. The summed E-state index contributed by atoms with van der Waals surface area (Å²) in [6.07, 6.45) is 11.3. The SMILES string of the molecule is CCCCCCCCCCNC(C)CC(N)=NO. The highest BCUT2D eigenvalue weighted by molar-refractivity contribution is 5.80.